The molecule has 0 aliphatic rings. The molecule has 0 saturated carbocycles. The molecule has 3 N–H and O–H groups in total. The summed E-state index contributed by atoms with van der Waals surface area (Å²) in [5.74, 6) is -0.170. The van der Waals surface area contributed by atoms with Gasteiger partial charge in [0, 0.05) is 18.7 Å². The van der Waals surface area contributed by atoms with Crippen molar-refractivity contribution >= 4 is 15.8 Å². The smallest absolute Gasteiger partial charge is 0.240 e. The van der Waals surface area contributed by atoms with Crippen molar-refractivity contribution in [2.75, 3.05) is 13.1 Å². The Hall–Kier alpha value is -1.24. The van der Waals surface area contributed by atoms with E-state index in [-0.39, 0.29) is 23.8 Å². The molecule has 88 valence electrons. The van der Waals surface area contributed by atoms with Gasteiger partial charge in [-0.3, -0.25) is 4.79 Å². The van der Waals surface area contributed by atoms with Gasteiger partial charge in [0.15, 0.2) is 5.78 Å². The van der Waals surface area contributed by atoms with E-state index < -0.39 is 10.0 Å². The fourth-order valence-electron chi connectivity index (χ4n) is 1.16. The summed E-state index contributed by atoms with van der Waals surface area (Å²) in [6, 6.07) is 5.89. The summed E-state index contributed by atoms with van der Waals surface area (Å²) in [4.78, 5) is 11.2. The molecule has 0 saturated heterocycles. The summed E-state index contributed by atoms with van der Waals surface area (Å²) in [6.45, 7) is 1.79. The third-order valence-electron chi connectivity index (χ3n) is 1.99. The van der Waals surface area contributed by atoms with E-state index in [0.717, 1.165) is 0 Å². The van der Waals surface area contributed by atoms with Crippen LogP contribution in [-0.2, 0) is 10.0 Å². The lowest BCUT2D eigenvalue weighted by molar-refractivity contribution is 0.101. The van der Waals surface area contributed by atoms with Crippen LogP contribution < -0.4 is 10.5 Å². The van der Waals surface area contributed by atoms with Crippen molar-refractivity contribution in [1.29, 1.82) is 0 Å². The second kappa shape index (κ2) is 5.20. The second-order valence-corrected chi connectivity index (χ2v) is 5.04. The van der Waals surface area contributed by atoms with Crippen LogP contribution in [0.2, 0.25) is 0 Å². The largest absolute Gasteiger partial charge is 0.329 e. The molecule has 5 nitrogen and oxygen atoms in total. The van der Waals surface area contributed by atoms with E-state index in [1.807, 2.05) is 0 Å². The topological polar surface area (TPSA) is 89.3 Å². The quantitative estimate of drug-likeness (QED) is 0.718. The average molecular weight is 242 g/mol. The van der Waals surface area contributed by atoms with Gasteiger partial charge in [-0.05, 0) is 19.1 Å². The van der Waals surface area contributed by atoms with Crippen LogP contribution in [0.1, 0.15) is 17.3 Å². The molecule has 0 unspecified atom stereocenters. The van der Waals surface area contributed by atoms with E-state index in [2.05, 4.69) is 4.72 Å². The Kier molecular flexibility index (Phi) is 4.17. The van der Waals surface area contributed by atoms with Crippen LogP contribution in [0.3, 0.4) is 0 Å². The lowest BCUT2D eigenvalue weighted by Crippen LogP contribution is -2.29. The molecule has 0 aliphatic heterocycles. The first kappa shape index (κ1) is 12.8. The summed E-state index contributed by atoms with van der Waals surface area (Å²) < 4.78 is 25.7. The SMILES string of the molecule is CC(=O)c1cccc(S(=O)(=O)NCCN)c1. The predicted octanol–water partition coefficient (Wildman–Crippen LogP) is 0.126. The van der Waals surface area contributed by atoms with Gasteiger partial charge < -0.3 is 5.73 Å². The Morgan fingerprint density at radius 2 is 2.12 bits per heavy atom. The van der Waals surface area contributed by atoms with Gasteiger partial charge in [-0.25, -0.2) is 13.1 Å². The van der Waals surface area contributed by atoms with Crippen molar-refractivity contribution in [2.45, 2.75) is 11.8 Å². The Bertz CT molecular complexity index is 483. The molecule has 0 heterocycles. The van der Waals surface area contributed by atoms with Gasteiger partial charge >= 0.3 is 0 Å². The number of carbonyl (C=O) groups excluding carboxylic acids is 1. The number of hydrogen-bond donors (Lipinski definition) is 2. The Balaban J connectivity index is 3.04. The second-order valence-electron chi connectivity index (χ2n) is 3.27. The number of nitrogens with one attached hydrogen (secondary N) is 1. The molecule has 0 radical (unpaired) electrons. The highest BCUT2D eigenvalue weighted by Gasteiger charge is 2.13. The maximum Gasteiger partial charge on any atom is 0.240 e. The van der Waals surface area contributed by atoms with Crippen molar-refractivity contribution in [1.82, 2.24) is 4.72 Å². The molecule has 1 aromatic rings. The molecule has 0 amide bonds. The van der Waals surface area contributed by atoms with E-state index in [0.29, 0.717) is 5.56 Å². The molecular weight excluding hydrogens is 228 g/mol. The van der Waals surface area contributed by atoms with Gasteiger partial charge in [-0.2, -0.15) is 0 Å². The van der Waals surface area contributed by atoms with Crippen LogP contribution in [0, 0.1) is 0 Å². The number of rotatable bonds is 5. The molecule has 0 bridgehead atoms. The van der Waals surface area contributed by atoms with E-state index in [1.165, 1.54) is 25.1 Å². The third-order valence-corrected chi connectivity index (χ3v) is 3.45. The molecule has 0 spiro atoms. The van der Waals surface area contributed by atoms with Crippen molar-refractivity contribution in [3.05, 3.63) is 29.8 Å². The van der Waals surface area contributed by atoms with Crippen molar-refractivity contribution < 1.29 is 13.2 Å². The van der Waals surface area contributed by atoms with Crippen LogP contribution >= 0.6 is 0 Å². The summed E-state index contributed by atoms with van der Waals surface area (Å²) in [5.41, 5.74) is 5.58. The highest BCUT2D eigenvalue weighted by molar-refractivity contribution is 7.89. The van der Waals surface area contributed by atoms with E-state index >= 15 is 0 Å². The zero-order valence-electron chi connectivity index (χ0n) is 8.93. The van der Waals surface area contributed by atoms with Crippen LogP contribution in [0.5, 0.6) is 0 Å². The summed E-state index contributed by atoms with van der Waals surface area (Å²) >= 11 is 0. The lowest BCUT2D eigenvalue weighted by atomic mass is 10.2. The van der Waals surface area contributed by atoms with Crippen LogP contribution in [0.4, 0.5) is 0 Å². The highest BCUT2D eigenvalue weighted by Crippen LogP contribution is 2.11. The molecule has 1 rings (SSSR count). The fraction of sp³-hybridized carbons (Fsp3) is 0.300. The van der Waals surface area contributed by atoms with Gasteiger partial charge in [0.2, 0.25) is 10.0 Å². The number of nitrogens with two attached hydrogens (primary N) is 1. The molecule has 0 aliphatic carbocycles. The maximum atomic E-state index is 11.7. The van der Waals surface area contributed by atoms with Gasteiger partial charge in [0.1, 0.15) is 0 Å². The van der Waals surface area contributed by atoms with Gasteiger partial charge in [-0.15, -0.1) is 0 Å². The number of sulfonamides is 1. The first-order valence-electron chi connectivity index (χ1n) is 4.78. The van der Waals surface area contributed by atoms with Gasteiger partial charge in [-0.1, -0.05) is 12.1 Å². The zero-order valence-corrected chi connectivity index (χ0v) is 9.75. The number of benzene rings is 1. The Labute approximate surface area is 94.7 Å². The van der Waals surface area contributed by atoms with E-state index in [9.17, 15) is 13.2 Å². The van der Waals surface area contributed by atoms with Crippen LogP contribution in [0.25, 0.3) is 0 Å². The lowest BCUT2D eigenvalue weighted by Gasteiger charge is -2.06. The molecule has 0 fully saturated rings. The number of ketones is 1. The molecule has 0 atom stereocenters. The van der Waals surface area contributed by atoms with Crippen molar-refractivity contribution in [3.8, 4) is 0 Å². The molecule has 1 aromatic carbocycles. The van der Waals surface area contributed by atoms with Crippen molar-refractivity contribution in [3.63, 3.8) is 0 Å². The summed E-state index contributed by atoms with van der Waals surface area (Å²) in [6.07, 6.45) is 0. The van der Waals surface area contributed by atoms with E-state index in [4.69, 9.17) is 5.73 Å². The Morgan fingerprint density at radius 3 is 2.69 bits per heavy atom. The van der Waals surface area contributed by atoms with E-state index in [1.54, 1.807) is 6.07 Å². The minimum absolute atomic E-state index is 0.0775. The number of carbonyl (C=O) groups is 1. The third kappa shape index (κ3) is 3.13. The zero-order chi connectivity index (χ0) is 12.2. The minimum Gasteiger partial charge on any atom is -0.329 e. The number of Topliss-reactive ketones (excluding diaryl/α,β-unsaturated/α-hetero) is 1. The highest BCUT2D eigenvalue weighted by atomic mass is 32.2. The monoisotopic (exact) mass is 242 g/mol. The van der Waals surface area contributed by atoms with Crippen molar-refractivity contribution in [2.24, 2.45) is 5.73 Å². The van der Waals surface area contributed by atoms with Gasteiger partial charge in [0.25, 0.3) is 0 Å². The summed E-state index contributed by atoms with van der Waals surface area (Å²) in [5, 5.41) is 0. The number of hydrogen-bond acceptors (Lipinski definition) is 4. The fourth-order valence-corrected chi connectivity index (χ4v) is 2.25. The normalized spacial score (nSPS) is 11.4. The maximum absolute atomic E-state index is 11.7. The summed E-state index contributed by atoms with van der Waals surface area (Å²) in [7, 11) is -3.56. The molecule has 16 heavy (non-hydrogen) atoms. The first-order chi connectivity index (χ1) is 7.47. The molecule has 6 heteroatoms. The standard InChI is InChI=1S/C10H14N2O3S/c1-8(13)9-3-2-4-10(7-9)16(14,15)12-6-5-11/h2-4,7,12H,5-6,11H2,1H3. The van der Waals surface area contributed by atoms with Crippen LogP contribution in [-0.4, -0.2) is 27.3 Å². The average Bonchev–Trinajstić information content (AvgIpc) is 2.26. The molecule has 0 aromatic heterocycles. The van der Waals surface area contributed by atoms with Crippen LogP contribution in [0.15, 0.2) is 29.2 Å². The predicted molar refractivity (Wildman–Crippen MR) is 60.7 cm³/mol. The molecular formula is C10H14N2O3S. The van der Waals surface area contributed by atoms with Gasteiger partial charge in [0.05, 0.1) is 4.90 Å². The first-order valence-corrected chi connectivity index (χ1v) is 6.26. The minimum atomic E-state index is -3.56. The Morgan fingerprint density at radius 1 is 1.44 bits per heavy atom.